The Hall–Kier alpha value is -0.680. The van der Waals surface area contributed by atoms with Crippen LogP contribution in [0.3, 0.4) is 0 Å². The second-order valence-electron chi connectivity index (χ2n) is 4.17. The average Bonchev–Trinajstić information content (AvgIpc) is 2.70. The summed E-state index contributed by atoms with van der Waals surface area (Å²) in [5.74, 6) is 1.30. The van der Waals surface area contributed by atoms with Gasteiger partial charge in [-0.2, -0.15) is 12.6 Å². The third kappa shape index (κ3) is 2.60. The molecule has 2 rings (SSSR count). The van der Waals surface area contributed by atoms with E-state index in [9.17, 15) is 4.79 Å². The maximum absolute atomic E-state index is 11.9. The van der Waals surface area contributed by atoms with E-state index in [0.717, 1.165) is 28.1 Å². The largest absolute Gasteiger partial charge is 0.386 e. The number of hydrogen-bond donors (Lipinski definition) is 2. The van der Waals surface area contributed by atoms with Crippen molar-refractivity contribution in [1.82, 2.24) is 0 Å². The molecule has 1 aliphatic heterocycles. The summed E-state index contributed by atoms with van der Waals surface area (Å²) in [7, 11) is 1.86. The topological polar surface area (TPSA) is 32.3 Å². The van der Waals surface area contributed by atoms with Gasteiger partial charge in [0.1, 0.15) is 0 Å². The lowest BCUT2D eigenvalue weighted by Crippen LogP contribution is -2.25. The third-order valence-corrected chi connectivity index (χ3v) is 3.99. The molecule has 1 unspecified atom stereocenters. The smallest absolute Gasteiger partial charge is 0.227 e. The van der Waals surface area contributed by atoms with Gasteiger partial charge in [-0.05, 0) is 29.9 Å². The van der Waals surface area contributed by atoms with Crippen molar-refractivity contribution in [2.45, 2.75) is 6.42 Å². The SMILES string of the molecule is CNc1cc(Br)ccc1N1CC(CS)CC1=O. The van der Waals surface area contributed by atoms with Crippen LogP contribution in [0.4, 0.5) is 11.4 Å². The van der Waals surface area contributed by atoms with Crippen molar-refractivity contribution in [2.24, 2.45) is 5.92 Å². The van der Waals surface area contributed by atoms with Crippen molar-refractivity contribution >= 4 is 45.8 Å². The van der Waals surface area contributed by atoms with E-state index in [0.29, 0.717) is 12.3 Å². The fraction of sp³-hybridized carbons (Fsp3) is 0.417. The Morgan fingerprint density at radius 3 is 2.94 bits per heavy atom. The number of halogens is 1. The van der Waals surface area contributed by atoms with Gasteiger partial charge < -0.3 is 10.2 Å². The summed E-state index contributed by atoms with van der Waals surface area (Å²) < 4.78 is 1.00. The molecule has 1 fully saturated rings. The van der Waals surface area contributed by atoms with Crippen LogP contribution in [-0.2, 0) is 4.79 Å². The van der Waals surface area contributed by atoms with Gasteiger partial charge in [-0.1, -0.05) is 15.9 Å². The zero-order valence-electron chi connectivity index (χ0n) is 9.61. The lowest BCUT2D eigenvalue weighted by atomic mass is 10.1. The van der Waals surface area contributed by atoms with E-state index in [2.05, 4.69) is 33.9 Å². The minimum atomic E-state index is 0.183. The second-order valence-corrected chi connectivity index (χ2v) is 5.45. The monoisotopic (exact) mass is 314 g/mol. The van der Waals surface area contributed by atoms with Crippen molar-refractivity contribution in [2.75, 3.05) is 29.6 Å². The van der Waals surface area contributed by atoms with E-state index in [1.54, 1.807) is 0 Å². The van der Waals surface area contributed by atoms with E-state index in [4.69, 9.17) is 0 Å². The normalized spacial score (nSPS) is 19.8. The molecule has 3 nitrogen and oxygen atoms in total. The van der Waals surface area contributed by atoms with Gasteiger partial charge in [-0.25, -0.2) is 0 Å². The van der Waals surface area contributed by atoms with E-state index < -0.39 is 0 Å². The molecule has 0 aromatic heterocycles. The van der Waals surface area contributed by atoms with Gasteiger partial charge in [0.25, 0.3) is 0 Å². The van der Waals surface area contributed by atoms with Gasteiger partial charge >= 0.3 is 0 Å². The first-order chi connectivity index (χ1) is 8.15. The minimum absolute atomic E-state index is 0.183. The highest BCUT2D eigenvalue weighted by atomic mass is 79.9. The van der Waals surface area contributed by atoms with Crippen LogP contribution < -0.4 is 10.2 Å². The first-order valence-electron chi connectivity index (χ1n) is 5.54. The molecule has 1 aromatic carbocycles. The van der Waals surface area contributed by atoms with Crippen molar-refractivity contribution in [3.8, 4) is 0 Å². The van der Waals surface area contributed by atoms with Crippen molar-refractivity contribution in [3.63, 3.8) is 0 Å². The van der Waals surface area contributed by atoms with E-state index >= 15 is 0 Å². The van der Waals surface area contributed by atoms with Crippen molar-refractivity contribution in [3.05, 3.63) is 22.7 Å². The maximum atomic E-state index is 11.9. The molecule has 1 heterocycles. The highest BCUT2D eigenvalue weighted by Crippen LogP contribution is 2.33. The fourth-order valence-corrected chi connectivity index (χ4v) is 2.69. The van der Waals surface area contributed by atoms with Gasteiger partial charge in [0.05, 0.1) is 11.4 Å². The first kappa shape index (κ1) is 12.8. The molecule has 1 amide bonds. The van der Waals surface area contributed by atoms with E-state index in [1.165, 1.54) is 0 Å². The third-order valence-electron chi connectivity index (χ3n) is 2.98. The summed E-state index contributed by atoms with van der Waals surface area (Å²) in [6, 6.07) is 5.91. The van der Waals surface area contributed by atoms with E-state index in [1.807, 2.05) is 30.1 Å². The number of carbonyl (C=O) groups is 1. The molecule has 1 atom stereocenters. The maximum Gasteiger partial charge on any atom is 0.227 e. The summed E-state index contributed by atoms with van der Waals surface area (Å²) >= 11 is 7.70. The molecule has 17 heavy (non-hydrogen) atoms. The number of benzene rings is 1. The molecule has 0 bridgehead atoms. The Morgan fingerprint density at radius 2 is 2.35 bits per heavy atom. The summed E-state index contributed by atoms with van der Waals surface area (Å²) in [5, 5.41) is 3.12. The molecule has 5 heteroatoms. The molecular formula is C12H15BrN2OS. The predicted octanol–water partition coefficient (Wildman–Crippen LogP) is 2.77. The quantitative estimate of drug-likeness (QED) is 0.841. The molecule has 0 saturated carbocycles. The Kier molecular flexibility index (Phi) is 3.99. The number of nitrogens with one attached hydrogen (secondary N) is 1. The molecule has 0 spiro atoms. The average molecular weight is 315 g/mol. The number of amides is 1. The zero-order valence-corrected chi connectivity index (χ0v) is 12.1. The highest BCUT2D eigenvalue weighted by molar-refractivity contribution is 9.10. The standard InChI is InChI=1S/C12H15BrN2OS/c1-14-10-5-9(13)2-3-11(10)15-6-8(7-17)4-12(15)16/h2-3,5,8,14,17H,4,6-7H2,1H3. The number of nitrogens with zero attached hydrogens (tertiary/aromatic N) is 1. The van der Waals surface area contributed by atoms with Gasteiger partial charge in [-0.15, -0.1) is 0 Å². The van der Waals surface area contributed by atoms with Crippen molar-refractivity contribution < 1.29 is 4.79 Å². The zero-order chi connectivity index (χ0) is 12.4. The molecule has 1 aliphatic rings. The molecule has 1 aromatic rings. The Balaban J connectivity index is 2.31. The van der Waals surface area contributed by atoms with Gasteiger partial charge in [0.2, 0.25) is 5.91 Å². The highest BCUT2D eigenvalue weighted by Gasteiger charge is 2.30. The van der Waals surface area contributed by atoms with Crippen LogP contribution in [0.5, 0.6) is 0 Å². The van der Waals surface area contributed by atoms with Crippen LogP contribution in [0.15, 0.2) is 22.7 Å². The number of hydrogen-bond acceptors (Lipinski definition) is 3. The van der Waals surface area contributed by atoms with Crippen molar-refractivity contribution in [1.29, 1.82) is 0 Å². The lowest BCUT2D eigenvalue weighted by molar-refractivity contribution is -0.117. The summed E-state index contributed by atoms with van der Waals surface area (Å²) in [4.78, 5) is 13.8. The van der Waals surface area contributed by atoms with Crippen LogP contribution >= 0.6 is 28.6 Å². The van der Waals surface area contributed by atoms with Crippen LogP contribution in [0.25, 0.3) is 0 Å². The molecule has 1 saturated heterocycles. The molecule has 1 N–H and O–H groups in total. The van der Waals surface area contributed by atoms with Crippen LogP contribution in [0.1, 0.15) is 6.42 Å². The molecular weight excluding hydrogens is 300 g/mol. The molecule has 92 valence electrons. The fourth-order valence-electron chi connectivity index (χ4n) is 2.08. The summed E-state index contributed by atoms with van der Waals surface area (Å²) in [6.45, 7) is 0.763. The van der Waals surface area contributed by atoms with Gasteiger partial charge in [0, 0.05) is 24.5 Å². The number of thiol groups is 1. The second kappa shape index (κ2) is 5.31. The number of rotatable bonds is 3. The Labute approximate surface area is 115 Å². The predicted molar refractivity (Wildman–Crippen MR) is 78.0 cm³/mol. The van der Waals surface area contributed by atoms with Crippen LogP contribution in [-0.4, -0.2) is 25.3 Å². The number of carbonyl (C=O) groups excluding carboxylic acids is 1. The molecule has 0 radical (unpaired) electrons. The summed E-state index contributed by atoms with van der Waals surface area (Å²) in [6.07, 6.45) is 0.600. The van der Waals surface area contributed by atoms with Crippen LogP contribution in [0, 0.1) is 5.92 Å². The first-order valence-corrected chi connectivity index (χ1v) is 6.96. The molecule has 0 aliphatic carbocycles. The van der Waals surface area contributed by atoms with E-state index in [-0.39, 0.29) is 5.91 Å². The Morgan fingerprint density at radius 1 is 1.59 bits per heavy atom. The lowest BCUT2D eigenvalue weighted by Gasteiger charge is -2.20. The van der Waals surface area contributed by atoms with Gasteiger partial charge in [-0.3, -0.25) is 4.79 Å². The summed E-state index contributed by atoms with van der Waals surface area (Å²) in [5.41, 5.74) is 1.91. The minimum Gasteiger partial charge on any atom is -0.386 e. The number of anilines is 2. The van der Waals surface area contributed by atoms with Gasteiger partial charge in [0.15, 0.2) is 0 Å². The van der Waals surface area contributed by atoms with Crippen LogP contribution in [0.2, 0.25) is 0 Å². The Bertz CT molecular complexity index is 439.